The lowest BCUT2D eigenvalue weighted by Gasteiger charge is -2.30. The lowest BCUT2D eigenvalue weighted by molar-refractivity contribution is -0.289. The highest BCUT2D eigenvalue weighted by Gasteiger charge is 2.58. The summed E-state index contributed by atoms with van der Waals surface area (Å²) < 4.78 is 152. The van der Waals surface area contributed by atoms with Crippen molar-refractivity contribution >= 4 is 11.4 Å². The number of rotatable bonds is 9. The Morgan fingerprint density at radius 2 is 1.27 bits per heavy atom. The predicted molar refractivity (Wildman–Crippen MR) is 119 cm³/mol. The van der Waals surface area contributed by atoms with Gasteiger partial charge in [-0.05, 0) is 42.0 Å². The Labute approximate surface area is 219 Å². The van der Waals surface area contributed by atoms with E-state index in [1.807, 2.05) is 0 Å². The maximum Gasteiger partial charge on any atom is 0.573 e. The molecule has 0 aliphatic heterocycles. The third kappa shape index (κ3) is 7.90. The predicted octanol–water partition coefficient (Wildman–Crippen LogP) is 7.88. The maximum atomic E-state index is 13.9. The zero-order valence-electron chi connectivity index (χ0n) is 19.8. The van der Waals surface area contributed by atoms with Crippen LogP contribution in [0.1, 0.15) is 11.1 Å². The Bertz CT molecular complexity index is 1270. The highest BCUT2D eigenvalue weighted by Crippen LogP contribution is 2.45. The van der Waals surface area contributed by atoms with Gasteiger partial charge in [0.25, 0.3) is 0 Å². The smallest absolute Gasteiger partial charge is 0.489 e. The molecule has 0 spiro atoms. The monoisotopic (exact) mass is 589 g/mol. The first-order valence-corrected chi connectivity index (χ1v) is 11.0. The highest BCUT2D eigenvalue weighted by atomic mass is 19.4. The summed E-state index contributed by atoms with van der Waals surface area (Å²) in [4.78, 5) is 0.685. The standard InChI is InChI=1S/C25H18F11NO3/c26-22(27,24(31,32)33)16-3-1-4-17(11-16)37(13-21(38)23(28,29)30)18-5-2-6-20(12-18)39-14-15-7-9-19(10-8-15)40-25(34,35)36/h1-12,21,38H,13-14H2. The molecule has 1 unspecified atom stereocenters. The molecular weight excluding hydrogens is 571 g/mol. The van der Waals surface area contributed by atoms with Gasteiger partial charge in [0, 0.05) is 23.0 Å². The first-order valence-electron chi connectivity index (χ1n) is 11.0. The third-order valence-corrected chi connectivity index (χ3v) is 5.30. The van der Waals surface area contributed by atoms with Crippen LogP contribution in [0.4, 0.5) is 59.7 Å². The van der Waals surface area contributed by atoms with Gasteiger partial charge in [-0.2, -0.15) is 35.1 Å². The van der Waals surface area contributed by atoms with Crippen LogP contribution in [0.5, 0.6) is 11.5 Å². The van der Waals surface area contributed by atoms with Gasteiger partial charge in [-0.25, -0.2) is 0 Å². The molecule has 0 aliphatic carbocycles. The van der Waals surface area contributed by atoms with E-state index in [0.717, 1.165) is 30.3 Å². The maximum absolute atomic E-state index is 13.9. The normalized spacial score (nSPS) is 13.6. The number of nitrogens with zero attached hydrogens (tertiary/aromatic N) is 1. The number of anilines is 2. The van der Waals surface area contributed by atoms with Crippen molar-refractivity contribution < 1.29 is 62.9 Å². The number of halogens is 11. The summed E-state index contributed by atoms with van der Waals surface area (Å²) in [6.07, 6.45) is -19.0. The van der Waals surface area contributed by atoms with Crippen molar-refractivity contribution in [1.82, 2.24) is 0 Å². The van der Waals surface area contributed by atoms with Crippen LogP contribution in [-0.2, 0) is 12.5 Å². The van der Waals surface area contributed by atoms with Crippen LogP contribution >= 0.6 is 0 Å². The number of hydrogen-bond acceptors (Lipinski definition) is 4. The first-order chi connectivity index (χ1) is 18.4. The topological polar surface area (TPSA) is 41.9 Å². The minimum absolute atomic E-state index is 0.00334. The van der Waals surface area contributed by atoms with Crippen LogP contribution in [0.25, 0.3) is 0 Å². The largest absolute Gasteiger partial charge is 0.573 e. The Kier molecular flexibility index (Phi) is 8.77. The second-order valence-corrected chi connectivity index (χ2v) is 8.27. The van der Waals surface area contributed by atoms with Crippen molar-refractivity contribution in [3.63, 3.8) is 0 Å². The number of aliphatic hydroxyl groups excluding tert-OH is 1. The number of alkyl halides is 11. The highest BCUT2D eigenvalue weighted by molar-refractivity contribution is 5.65. The molecule has 0 saturated heterocycles. The molecule has 0 heterocycles. The number of benzene rings is 3. The van der Waals surface area contributed by atoms with Crippen LogP contribution in [0, 0.1) is 0 Å². The summed E-state index contributed by atoms with van der Waals surface area (Å²) >= 11 is 0. The van der Waals surface area contributed by atoms with E-state index in [9.17, 15) is 53.4 Å². The Morgan fingerprint density at radius 3 is 1.82 bits per heavy atom. The Morgan fingerprint density at radius 1 is 0.700 bits per heavy atom. The molecule has 4 nitrogen and oxygen atoms in total. The minimum Gasteiger partial charge on any atom is -0.489 e. The van der Waals surface area contributed by atoms with Gasteiger partial charge in [-0.1, -0.05) is 30.3 Å². The van der Waals surface area contributed by atoms with Crippen LogP contribution in [-0.4, -0.2) is 36.5 Å². The van der Waals surface area contributed by atoms with Gasteiger partial charge in [0.1, 0.15) is 18.1 Å². The van der Waals surface area contributed by atoms with Gasteiger partial charge < -0.3 is 19.5 Å². The molecule has 1 N–H and O–H groups in total. The average molecular weight is 589 g/mol. The van der Waals surface area contributed by atoms with Gasteiger partial charge in [0.05, 0.1) is 6.54 Å². The van der Waals surface area contributed by atoms with Crippen molar-refractivity contribution in [2.75, 3.05) is 11.4 Å². The molecule has 0 saturated carbocycles. The third-order valence-electron chi connectivity index (χ3n) is 5.30. The van der Waals surface area contributed by atoms with Gasteiger partial charge in [-0.3, -0.25) is 0 Å². The summed E-state index contributed by atoms with van der Waals surface area (Å²) in [5.74, 6) is -5.81. The van der Waals surface area contributed by atoms with E-state index in [1.54, 1.807) is 0 Å². The second kappa shape index (κ2) is 11.4. The van der Waals surface area contributed by atoms with E-state index in [4.69, 9.17) is 4.74 Å². The summed E-state index contributed by atoms with van der Waals surface area (Å²) in [6, 6.07) is 12.1. The summed E-state index contributed by atoms with van der Waals surface area (Å²) in [5.41, 5.74) is -1.84. The molecule has 0 aromatic heterocycles. The van der Waals surface area contributed by atoms with Crippen LogP contribution < -0.4 is 14.4 Å². The summed E-state index contributed by atoms with van der Waals surface area (Å²) in [5, 5.41) is 9.64. The summed E-state index contributed by atoms with van der Waals surface area (Å²) in [6.45, 7) is -1.50. The van der Waals surface area contributed by atoms with E-state index < -0.39 is 54.3 Å². The van der Waals surface area contributed by atoms with E-state index in [-0.39, 0.29) is 18.0 Å². The number of hydrogen-bond donors (Lipinski definition) is 1. The fraction of sp³-hybridized carbons (Fsp3) is 0.280. The molecule has 0 fully saturated rings. The molecule has 0 radical (unpaired) electrons. The van der Waals surface area contributed by atoms with Gasteiger partial charge >= 0.3 is 24.6 Å². The fourth-order valence-corrected chi connectivity index (χ4v) is 3.36. The molecule has 218 valence electrons. The molecule has 0 aliphatic rings. The molecule has 0 bridgehead atoms. The molecule has 0 amide bonds. The minimum atomic E-state index is -5.98. The van der Waals surface area contributed by atoms with Crippen molar-refractivity contribution in [3.8, 4) is 11.5 Å². The van der Waals surface area contributed by atoms with Crippen LogP contribution in [0.15, 0.2) is 72.8 Å². The van der Waals surface area contributed by atoms with E-state index in [2.05, 4.69) is 4.74 Å². The van der Waals surface area contributed by atoms with Gasteiger partial charge in [0.15, 0.2) is 6.10 Å². The fourth-order valence-electron chi connectivity index (χ4n) is 3.36. The van der Waals surface area contributed by atoms with E-state index in [1.165, 1.54) is 30.3 Å². The van der Waals surface area contributed by atoms with Gasteiger partial charge in [0.2, 0.25) is 0 Å². The molecular formula is C25H18F11NO3. The zero-order valence-corrected chi connectivity index (χ0v) is 19.8. The van der Waals surface area contributed by atoms with Crippen molar-refractivity contribution in [1.29, 1.82) is 0 Å². The lowest BCUT2D eigenvalue weighted by Crippen LogP contribution is -2.39. The van der Waals surface area contributed by atoms with Crippen molar-refractivity contribution in [3.05, 3.63) is 83.9 Å². The molecule has 15 heteroatoms. The molecule has 40 heavy (non-hydrogen) atoms. The molecule has 3 aromatic carbocycles. The molecule has 3 rings (SSSR count). The number of aliphatic hydroxyl groups is 1. The molecule has 3 aromatic rings. The van der Waals surface area contributed by atoms with E-state index in [0.29, 0.717) is 22.6 Å². The zero-order chi connectivity index (χ0) is 29.9. The lowest BCUT2D eigenvalue weighted by atomic mass is 10.1. The van der Waals surface area contributed by atoms with Crippen molar-refractivity contribution in [2.24, 2.45) is 0 Å². The Balaban J connectivity index is 1.89. The first kappa shape index (κ1) is 30.8. The summed E-state index contributed by atoms with van der Waals surface area (Å²) in [7, 11) is 0. The average Bonchev–Trinajstić information content (AvgIpc) is 2.85. The van der Waals surface area contributed by atoms with Crippen molar-refractivity contribution in [2.45, 2.75) is 37.3 Å². The quantitative estimate of drug-likeness (QED) is 0.258. The van der Waals surface area contributed by atoms with Gasteiger partial charge in [-0.15, -0.1) is 13.2 Å². The SMILES string of the molecule is OC(CN(c1cccc(OCc2ccc(OC(F)(F)F)cc2)c1)c1cccc(C(F)(F)C(F)(F)F)c1)C(F)(F)F. The Hall–Kier alpha value is -3.75. The molecule has 1 atom stereocenters. The van der Waals surface area contributed by atoms with E-state index >= 15 is 0 Å². The second-order valence-electron chi connectivity index (χ2n) is 8.27. The number of ether oxygens (including phenoxy) is 2. The van der Waals surface area contributed by atoms with Crippen LogP contribution in [0.3, 0.4) is 0 Å². The van der Waals surface area contributed by atoms with Crippen LogP contribution in [0.2, 0.25) is 0 Å².